The van der Waals surface area contributed by atoms with E-state index in [1.165, 1.54) is 12.8 Å². The summed E-state index contributed by atoms with van der Waals surface area (Å²) in [7, 11) is 0. The summed E-state index contributed by atoms with van der Waals surface area (Å²) in [6.07, 6.45) is 10.3. The number of hydrogen-bond acceptors (Lipinski definition) is 4. The third-order valence-electron chi connectivity index (χ3n) is 7.28. The first-order chi connectivity index (χ1) is 14.0. The van der Waals surface area contributed by atoms with Crippen molar-refractivity contribution in [3.05, 3.63) is 42.1 Å². The average Bonchev–Trinajstić information content (AvgIpc) is 3.30. The standard InChI is InChI=1S/C22H24N6O/c1-22(29)15-3-4-16(22)12-26(11-15)21-8-20-14(7-19(21)23-2)9-25-28(20)18-10-24-27(13-18)17-5-6-17/h7-10,13,15-17,29H,3-6,11-12H2,1H3. The molecular weight excluding hydrogens is 364 g/mol. The van der Waals surface area contributed by atoms with Gasteiger partial charge in [-0.05, 0) is 44.7 Å². The first-order valence-corrected chi connectivity index (χ1v) is 10.5. The summed E-state index contributed by atoms with van der Waals surface area (Å²) < 4.78 is 3.95. The zero-order valence-electron chi connectivity index (χ0n) is 16.5. The zero-order chi connectivity index (χ0) is 19.8. The van der Waals surface area contributed by atoms with Crippen LogP contribution >= 0.6 is 0 Å². The Hall–Kier alpha value is -2.85. The van der Waals surface area contributed by atoms with E-state index in [0.717, 1.165) is 48.2 Å². The number of piperidine rings is 1. The molecule has 0 spiro atoms. The van der Waals surface area contributed by atoms with E-state index in [2.05, 4.69) is 32.2 Å². The van der Waals surface area contributed by atoms with E-state index in [9.17, 15) is 5.11 Å². The Balaban J connectivity index is 1.42. The second-order valence-electron chi connectivity index (χ2n) is 9.08. The van der Waals surface area contributed by atoms with Crippen LogP contribution in [0.2, 0.25) is 0 Å². The number of aromatic nitrogens is 4. The lowest BCUT2D eigenvalue weighted by atomic mass is 9.82. The number of rotatable bonds is 3. The first kappa shape index (κ1) is 17.0. The fraction of sp³-hybridized carbons (Fsp3) is 0.500. The Labute approximate surface area is 169 Å². The van der Waals surface area contributed by atoms with Crippen molar-refractivity contribution in [2.24, 2.45) is 11.8 Å². The minimum atomic E-state index is -0.585. The van der Waals surface area contributed by atoms with Crippen LogP contribution in [0, 0.1) is 18.4 Å². The number of hydrogen-bond donors (Lipinski definition) is 1. The van der Waals surface area contributed by atoms with Crippen molar-refractivity contribution >= 4 is 22.3 Å². The van der Waals surface area contributed by atoms with Gasteiger partial charge in [0, 0.05) is 36.0 Å². The second-order valence-corrected chi connectivity index (χ2v) is 9.08. The highest BCUT2D eigenvalue weighted by atomic mass is 16.3. The smallest absolute Gasteiger partial charge is 0.210 e. The van der Waals surface area contributed by atoms with Crippen molar-refractivity contribution in [2.45, 2.75) is 44.2 Å². The third kappa shape index (κ3) is 2.52. The molecular formula is C22H24N6O. The molecule has 3 heterocycles. The molecule has 7 heteroatoms. The van der Waals surface area contributed by atoms with Crippen LogP contribution in [0.15, 0.2) is 30.7 Å². The normalized spacial score (nSPS) is 28.8. The van der Waals surface area contributed by atoms with Crippen molar-refractivity contribution in [3.8, 4) is 5.69 Å². The zero-order valence-corrected chi connectivity index (χ0v) is 16.5. The molecule has 2 aromatic heterocycles. The quantitative estimate of drug-likeness (QED) is 0.695. The maximum atomic E-state index is 10.8. The summed E-state index contributed by atoms with van der Waals surface area (Å²) in [6.45, 7) is 11.3. The molecule has 0 radical (unpaired) electrons. The van der Waals surface area contributed by atoms with Crippen LogP contribution in [-0.2, 0) is 0 Å². The lowest BCUT2D eigenvalue weighted by Gasteiger charge is -2.43. The van der Waals surface area contributed by atoms with Crippen molar-refractivity contribution < 1.29 is 5.11 Å². The molecule has 1 saturated heterocycles. The molecule has 1 aromatic carbocycles. The molecule has 0 amide bonds. The largest absolute Gasteiger partial charge is 0.389 e. The van der Waals surface area contributed by atoms with Crippen LogP contribution in [0.3, 0.4) is 0 Å². The molecule has 2 bridgehead atoms. The van der Waals surface area contributed by atoms with Crippen LogP contribution in [-0.4, -0.2) is 43.4 Å². The SMILES string of the molecule is [C-]#[N+]c1cc2cnn(-c3cnn(C4CC4)c3)c2cc1N1CC2CCC(C1)C2(C)O. The average molecular weight is 388 g/mol. The van der Waals surface area contributed by atoms with E-state index in [0.29, 0.717) is 11.7 Å². The van der Waals surface area contributed by atoms with E-state index in [-0.39, 0.29) is 11.8 Å². The second kappa shape index (κ2) is 5.83. The molecule has 3 aromatic rings. The van der Waals surface area contributed by atoms with E-state index < -0.39 is 5.60 Å². The topological polar surface area (TPSA) is 63.5 Å². The van der Waals surface area contributed by atoms with Gasteiger partial charge in [-0.1, -0.05) is 0 Å². The van der Waals surface area contributed by atoms with Gasteiger partial charge in [-0.25, -0.2) is 9.53 Å². The van der Waals surface area contributed by atoms with Gasteiger partial charge in [-0.15, -0.1) is 0 Å². The molecule has 3 fully saturated rings. The maximum absolute atomic E-state index is 10.8. The molecule has 2 atom stereocenters. The fourth-order valence-electron chi connectivity index (χ4n) is 5.25. The van der Waals surface area contributed by atoms with Gasteiger partial charge in [-0.3, -0.25) is 4.68 Å². The number of benzene rings is 1. The maximum Gasteiger partial charge on any atom is 0.210 e. The van der Waals surface area contributed by atoms with Gasteiger partial charge in [0.15, 0.2) is 0 Å². The van der Waals surface area contributed by atoms with Crippen LogP contribution in [0.5, 0.6) is 0 Å². The summed E-state index contributed by atoms with van der Waals surface area (Å²) in [4.78, 5) is 6.12. The summed E-state index contributed by atoms with van der Waals surface area (Å²) in [5.41, 5.74) is 2.98. The first-order valence-electron chi connectivity index (χ1n) is 10.5. The summed E-state index contributed by atoms with van der Waals surface area (Å²) in [6, 6.07) is 4.58. The predicted molar refractivity (Wildman–Crippen MR) is 110 cm³/mol. The van der Waals surface area contributed by atoms with Gasteiger partial charge < -0.3 is 10.0 Å². The summed E-state index contributed by atoms with van der Waals surface area (Å²) >= 11 is 0. The predicted octanol–water partition coefficient (Wildman–Crippen LogP) is 3.70. The summed E-state index contributed by atoms with van der Waals surface area (Å²) in [5, 5.41) is 20.9. The van der Waals surface area contributed by atoms with Crippen molar-refractivity contribution in [3.63, 3.8) is 0 Å². The minimum absolute atomic E-state index is 0.261. The van der Waals surface area contributed by atoms with Crippen LogP contribution in [0.1, 0.15) is 38.6 Å². The molecule has 2 unspecified atom stereocenters. The van der Waals surface area contributed by atoms with E-state index in [1.54, 1.807) is 0 Å². The van der Waals surface area contributed by atoms with Gasteiger partial charge in [-0.2, -0.15) is 10.2 Å². The molecule has 3 aliphatic rings. The monoisotopic (exact) mass is 388 g/mol. The molecule has 1 N–H and O–H groups in total. The Morgan fingerprint density at radius 2 is 1.86 bits per heavy atom. The van der Waals surface area contributed by atoms with Crippen LogP contribution < -0.4 is 4.90 Å². The number of fused-ring (bicyclic) bond motifs is 3. The highest BCUT2D eigenvalue weighted by molar-refractivity contribution is 5.91. The van der Waals surface area contributed by atoms with E-state index in [4.69, 9.17) is 6.57 Å². The number of nitrogens with zero attached hydrogens (tertiary/aromatic N) is 6. The Bertz CT molecular complexity index is 1130. The Morgan fingerprint density at radius 3 is 2.55 bits per heavy atom. The van der Waals surface area contributed by atoms with Gasteiger partial charge in [0.1, 0.15) is 5.69 Å². The van der Waals surface area contributed by atoms with E-state index >= 15 is 0 Å². The molecule has 29 heavy (non-hydrogen) atoms. The summed E-state index contributed by atoms with van der Waals surface area (Å²) in [5.74, 6) is 0.523. The Kier molecular flexibility index (Phi) is 3.43. The number of anilines is 1. The van der Waals surface area contributed by atoms with Crippen LogP contribution in [0.25, 0.3) is 21.4 Å². The highest BCUT2D eigenvalue weighted by Gasteiger charge is 2.49. The van der Waals surface area contributed by atoms with E-state index in [1.807, 2.05) is 34.7 Å². The molecule has 7 nitrogen and oxygen atoms in total. The molecule has 2 aliphatic carbocycles. The van der Waals surface area contributed by atoms with Gasteiger partial charge in [0.05, 0.1) is 42.3 Å². The molecule has 1 aliphatic heterocycles. The van der Waals surface area contributed by atoms with Crippen molar-refractivity contribution in [1.82, 2.24) is 19.6 Å². The third-order valence-corrected chi connectivity index (χ3v) is 7.28. The lowest BCUT2D eigenvalue weighted by molar-refractivity contribution is -0.0271. The minimum Gasteiger partial charge on any atom is -0.389 e. The Morgan fingerprint density at radius 1 is 1.10 bits per heavy atom. The molecule has 2 saturated carbocycles. The molecule has 148 valence electrons. The number of aliphatic hydroxyl groups is 1. The van der Waals surface area contributed by atoms with Gasteiger partial charge in [0.2, 0.25) is 5.69 Å². The van der Waals surface area contributed by atoms with Gasteiger partial charge >= 0.3 is 0 Å². The molecule has 6 rings (SSSR count). The lowest BCUT2D eigenvalue weighted by Crippen LogP contribution is -2.52. The van der Waals surface area contributed by atoms with Crippen LogP contribution in [0.4, 0.5) is 11.4 Å². The van der Waals surface area contributed by atoms with Crippen molar-refractivity contribution in [2.75, 3.05) is 18.0 Å². The fourth-order valence-corrected chi connectivity index (χ4v) is 5.25. The highest BCUT2D eigenvalue weighted by Crippen LogP contribution is 2.47. The van der Waals surface area contributed by atoms with Crippen molar-refractivity contribution in [1.29, 1.82) is 0 Å². The van der Waals surface area contributed by atoms with Gasteiger partial charge in [0.25, 0.3) is 0 Å².